The van der Waals surface area contributed by atoms with E-state index in [-0.39, 0.29) is 18.3 Å². The number of likely N-dealkylation sites (N-methyl/N-ethyl adjacent to an activating group) is 1. The number of nitrogens with one attached hydrogen (secondary N) is 1. The first-order valence-corrected chi connectivity index (χ1v) is 6.32. The van der Waals surface area contributed by atoms with Gasteiger partial charge in [0.1, 0.15) is 5.82 Å². The molecule has 18 heavy (non-hydrogen) atoms. The average Bonchev–Trinajstić information content (AvgIpc) is 2.35. The van der Waals surface area contributed by atoms with Crippen LogP contribution >= 0.6 is 0 Å². The largest absolute Gasteiger partial charge is 0.351 e. The first-order valence-electron chi connectivity index (χ1n) is 6.32. The lowest BCUT2D eigenvalue weighted by Crippen LogP contribution is -2.35. The van der Waals surface area contributed by atoms with E-state index in [1.807, 2.05) is 11.9 Å². The van der Waals surface area contributed by atoms with Crippen LogP contribution in [-0.4, -0.2) is 30.9 Å². The molecular weight excluding hydrogens is 231 g/mol. The zero-order valence-electron chi connectivity index (χ0n) is 11.1. The minimum atomic E-state index is -0.280. The van der Waals surface area contributed by atoms with E-state index >= 15 is 0 Å². The highest BCUT2D eigenvalue weighted by Crippen LogP contribution is 2.05. The maximum Gasteiger partial charge on any atom is 0.234 e. The normalized spacial score (nSPS) is 10.7. The Morgan fingerprint density at radius 1 is 1.39 bits per heavy atom. The summed E-state index contributed by atoms with van der Waals surface area (Å²) in [7, 11) is 1.92. The molecule has 0 saturated carbocycles. The number of halogens is 1. The van der Waals surface area contributed by atoms with Crippen LogP contribution in [0.1, 0.15) is 25.3 Å². The number of carbonyl (C=O) groups is 1. The Bertz CT molecular complexity index is 382. The summed E-state index contributed by atoms with van der Waals surface area (Å²) in [5.41, 5.74) is 0.516. The molecule has 0 aromatic heterocycles. The Balaban J connectivity index is 2.31. The lowest BCUT2D eigenvalue weighted by Gasteiger charge is -2.15. The average molecular weight is 252 g/mol. The Hall–Kier alpha value is -1.42. The lowest BCUT2D eigenvalue weighted by atomic mass is 10.2. The molecule has 4 heteroatoms. The zero-order valence-corrected chi connectivity index (χ0v) is 11.1. The highest BCUT2D eigenvalue weighted by Gasteiger charge is 2.07. The monoisotopic (exact) mass is 252 g/mol. The van der Waals surface area contributed by atoms with Gasteiger partial charge in [0.15, 0.2) is 0 Å². The molecule has 0 bridgehead atoms. The summed E-state index contributed by atoms with van der Waals surface area (Å²) in [6.45, 7) is 3.62. The Morgan fingerprint density at radius 2 is 2.11 bits per heavy atom. The standard InChI is InChI=1S/C14H21FN2O/c1-3-4-9-17(2)11-14(18)16-10-12-7-5-6-8-13(12)15/h5-8H,3-4,9-11H2,1-2H3,(H,16,18). The second-order valence-corrected chi connectivity index (χ2v) is 4.46. The van der Waals surface area contributed by atoms with Gasteiger partial charge in [-0.3, -0.25) is 9.69 Å². The number of hydrogen-bond acceptors (Lipinski definition) is 2. The number of carbonyl (C=O) groups excluding carboxylic acids is 1. The van der Waals surface area contributed by atoms with E-state index in [1.54, 1.807) is 18.2 Å². The Kier molecular flexibility index (Phi) is 6.36. The fraction of sp³-hybridized carbons (Fsp3) is 0.500. The quantitative estimate of drug-likeness (QED) is 0.806. The van der Waals surface area contributed by atoms with Crippen molar-refractivity contribution in [3.8, 4) is 0 Å². The summed E-state index contributed by atoms with van der Waals surface area (Å²) in [5.74, 6) is -0.353. The molecule has 0 radical (unpaired) electrons. The highest BCUT2D eigenvalue weighted by molar-refractivity contribution is 5.77. The van der Waals surface area contributed by atoms with Crippen molar-refractivity contribution in [1.29, 1.82) is 0 Å². The molecule has 0 aliphatic carbocycles. The summed E-state index contributed by atoms with van der Waals surface area (Å²) in [6, 6.07) is 6.47. The molecule has 0 aliphatic heterocycles. The second kappa shape index (κ2) is 7.82. The molecule has 0 unspecified atom stereocenters. The van der Waals surface area contributed by atoms with Gasteiger partial charge in [0, 0.05) is 12.1 Å². The third-order valence-corrected chi connectivity index (χ3v) is 2.74. The molecule has 0 saturated heterocycles. The van der Waals surface area contributed by atoms with Crippen molar-refractivity contribution in [2.75, 3.05) is 20.1 Å². The summed E-state index contributed by atoms with van der Waals surface area (Å²) < 4.78 is 13.3. The number of amides is 1. The van der Waals surface area contributed by atoms with Gasteiger partial charge in [-0.25, -0.2) is 4.39 Å². The molecule has 0 heterocycles. The van der Waals surface area contributed by atoms with Crippen LogP contribution in [0.5, 0.6) is 0 Å². The van der Waals surface area contributed by atoms with Crippen LogP contribution in [0.2, 0.25) is 0 Å². The summed E-state index contributed by atoms with van der Waals surface area (Å²) in [4.78, 5) is 13.6. The molecule has 0 fully saturated rings. The van der Waals surface area contributed by atoms with Gasteiger partial charge in [0.2, 0.25) is 5.91 Å². The molecule has 1 amide bonds. The van der Waals surface area contributed by atoms with Crippen LogP contribution in [0, 0.1) is 5.82 Å². The Labute approximate surface area is 108 Å². The molecule has 1 aromatic carbocycles. The van der Waals surface area contributed by atoms with Crippen LogP contribution in [0.3, 0.4) is 0 Å². The number of rotatable bonds is 7. The predicted molar refractivity (Wildman–Crippen MR) is 70.7 cm³/mol. The van der Waals surface area contributed by atoms with Gasteiger partial charge in [-0.1, -0.05) is 31.5 Å². The summed E-state index contributed by atoms with van der Waals surface area (Å²) in [5, 5.41) is 2.73. The molecule has 0 spiro atoms. The van der Waals surface area contributed by atoms with Gasteiger partial charge in [0.05, 0.1) is 6.54 Å². The fourth-order valence-electron chi connectivity index (χ4n) is 1.64. The molecule has 1 rings (SSSR count). The van der Waals surface area contributed by atoms with E-state index in [0.717, 1.165) is 19.4 Å². The number of nitrogens with zero attached hydrogens (tertiary/aromatic N) is 1. The molecule has 3 nitrogen and oxygen atoms in total. The second-order valence-electron chi connectivity index (χ2n) is 4.46. The molecule has 100 valence electrons. The van der Waals surface area contributed by atoms with Gasteiger partial charge in [0.25, 0.3) is 0 Å². The molecule has 0 atom stereocenters. The van der Waals surface area contributed by atoms with Crippen LogP contribution in [-0.2, 0) is 11.3 Å². The van der Waals surface area contributed by atoms with Crippen molar-refractivity contribution in [2.24, 2.45) is 0 Å². The summed E-state index contributed by atoms with van der Waals surface area (Å²) in [6.07, 6.45) is 2.19. The summed E-state index contributed by atoms with van der Waals surface area (Å²) >= 11 is 0. The number of benzene rings is 1. The van der Waals surface area contributed by atoms with Crippen molar-refractivity contribution in [1.82, 2.24) is 10.2 Å². The predicted octanol–water partition coefficient (Wildman–Crippen LogP) is 2.17. The minimum absolute atomic E-state index is 0.0724. The van der Waals surface area contributed by atoms with E-state index < -0.39 is 0 Å². The van der Waals surface area contributed by atoms with E-state index in [1.165, 1.54) is 6.07 Å². The van der Waals surface area contributed by atoms with Crippen LogP contribution in [0.25, 0.3) is 0 Å². The van der Waals surface area contributed by atoms with Gasteiger partial charge < -0.3 is 5.32 Å². The maximum atomic E-state index is 13.3. The first-order chi connectivity index (χ1) is 8.63. The highest BCUT2D eigenvalue weighted by atomic mass is 19.1. The molecule has 1 aromatic rings. The first kappa shape index (κ1) is 14.6. The smallest absolute Gasteiger partial charge is 0.234 e. The van der Waals surface area contributed by atoms with Crippen molar-refractivity contribution in [3.63, 3.8) is 0 Å². The molecular formula is C14H21FN2O. The van der Waals surface area contributed by atoms with Crippen molar-refractivity contribution >= 4 is 5.91 Å². The topological polar surface area (TPSA) is 32.3 Å². The SMILES string of the molecule is CCCCN(C)CC(=O)NCc1ccccc1F. The van der Waals surface area contributed by atoms with Crippen molar-refractivity contribution in [3.05, 3.63) is 35.6 Å². The van der Waals surface area contributed by atoms with Crippen LogP contribution in [0.15, 0.2) is 24.3 Å². The third kappa shape index (κ3) is 5.27. The van der Waals surface area contributed by atoms with Gasteiger partial charge >= 0.3 is 0 Å². The van der Waals surface area contributed by atoms with E-state index in [9.17, 15) is 9.18 Å². The number of unbranched alkanes of at least 4 members (excludes halogenated alkanes) is 1. The van der Waals surface area contributed by atoms with Crippen LogP contribution in [0.4, 0.5) is 4.39 Å². The van der Waals surface area contributed by atoms with Gasteiger partial charge in [-0.05, 0) is 26.1 Å². The van der Waals surface area contributed by atoms with Crippen molar-refractivity contribution in [2.45, 2.75) is 26.3 Å². The van der Waals surface area contributed by atoms with Gasteiger partial charge in [-0.15, -0.1) is 0 Å². The molecule has 0 aliphatic rings. The van der Waals surface area contributed by atoms with Crippen LogP contribution < -0.4 is 5.32 Å². The lowest BCUT2D eigenvalue weighted by molar-refractivity contribution is -0.122. The van der Waals surface area contributed by atoms with E-state index in [0.29, 0.717) is 12.1 Å². The fourth-order valence-corrected chi connectivity index (χ4v) is 1.64. The zero-order chi connectivity index (χ0) is 13.4. The van der Waals surface area contributed by atoms with Crippen molar-refractivity contribution < 1.29 is 9.18 Å². The molecule has 1 N–H and O–H groups in total. The maximum absolute atomic E-state index is 13.3. The van der Waals surface area contributed by atoms with E-state index in [4.69, 9.17) is 0 Å². The number of hydrogen-bond donors (Lipinski definition) is 1. The third-order valence-electron chi connectivity index (χ3n) is 2.74. The van der Waals surface area contributed by atoms with E-state index in [2.05, 4.69) is 12.2 Å². The minimum Gasteiger partial charge on any atom is -0.351 e. The Morgan fingerprint density at radius 3 is 2.78 bits per heavy atom. The van der Waals surface area contributed by atoms with Gasteiger partial charge in [-0.2, -0.15) is 0 Å².